The topological polar surface area (TPSA) is 59.6 Å². The Kier molecular flexibility index (Phi) is 6.62. The summed E-state index contributed by atoms with van der Waals surface area (Å²) in [5.41, 5.74) is 12.0. The van der Waals surface area contributed by atoms with E-state index in [0.29, 0.717) is 11.4 Å². The molecule has 32 heavy (non-hydrogen) atoms. The van der Waals surface area contributed by atoms with E-state index in [1.54, 1.807) is 7.11 Å². The predicted octanol–water partition coefficient (Wildman–Crippen LogP) is 7.05. The molecule has 1 aliphatic heterocycles. The van der Waals surface area contributed by atoms with E-state index < -0.39 is 0 Å². The van der Waals surface area contributed by atoms with Crippen LogP contribution in [0.3, 0.4) is 0 Å². The van der Waals surface area contributed by atoms with Crippen LogP contribution in [-0.2, 0) is 0 Å². The van der Waals surface area contributed by atoms with Gasteiger partial charge >= 0.3 is 0 Å². The van der Waals surface area contributed by atoms with Crippen molar-refractivity contribution in [3.05, 3.63) is 95.7 Å². The average molecular weight is 444 g/mol. The summed E-state index contributed by atoms with van der Waals surface area (Å²) in [5, 5.41) is 4.25. The number of anilines is 2. The molecule has 0 saturated heterocycles. The van der Waals surface area contributed by atoms with E-state index in [2.05, 4.69) is 36.5 Å². The number of nitrogens with zero attached hydrogens (tertiary/aromatic N) is 1. The monoisotopic (exact) mass is 443 g/mol. The van der Waals surface area contributed by atoms with E-state index in [0.717, 1.165) is 45.2 Å². The zero-order chi connectivity index (χ0) is 22.5. The Balaban J connectivity index is 1.59. The first-order valence-electron chi connectivity index (χ1n) is 10.6. The van der Waals surface area contributed by atoms with E-state index in [1.165, 1.54) is 0 Å². The molecule has 162 valence electrons. The van der Waals surface area contributed by atoms with Gasteiger partial charge in [0.1, 0.15) is 11.6 Å². The van der Waals surface area contributed by atoms with Gasteiger partial charge in [0.05, 0.1) is 12.8 Å². The third kappa shape index (κ3) is 4.87. The van der Waals surface area contributed by atoms with Crippen LogP contribution in [-0.4, -0.2) is 12.9 Å². The van der Waals surface area contributed by atoms with Gasteiger partial charge in [-0.15, -0.1) is 0 Å². The molecule has 4 nitrogen and oxygen atoms in total. The van der Waals surface area contributed by atoms with Crippen molar-refractivity contribution in [2.75, 3.05) is 18.2 Å². The maximum absolute atomic E-state index is 6.17. The van der Waals surface area contributed by atoms with E-state index in [1.807, 2.05) is 60.8 Å². The normalized spacial score (nSPS) is 15.5. The van der Waals surface area contributed by atoms with Gasteiger partial charge < -0.3 is 15.8 Å². The number of ether oxygens (including phenoxy) is 1. The number of nitrogens with one attached hydrogen (secondary N) is 1. The Labute approximate surface area is 194 Å². The number of allylic oxidation sites excluding steroid dienone is 2. The maximum Gasteiger partial charge on any atom is 0.141 e. The lowest BCUT2D eigenvalue weighted by molar-refractivity contribution is 0.417. The van der Waals surface area contributed by atoms with Gasteiger partial charge in [-0.2, -0.15) is 0 Å². The van der Waals surface area contributed by atoms with Gasteiger partial charge in [-0.1, -0.05) is 54.9 Å². The molecule has 3 N–H and O–H groups in total. The molecular weight excluding hydrogens is 418 g/mol. The lowest BCUT2D eigenvalue weighted by Gasteiger charge is -2.17. The molecule has 1 heterocycles. The highest BCUT2D eigenvalue weighted by Crippen LogP contribution is 2.30. The zero-order valence-corrected chi connectivity index (χ0v) is 18.9. The zero-order valence-electron chi connectivity index (χ0n) is 18.2. The molecule has 0 amide bonds. The number of aliphatic imine (C=N–C) groups is 1. The molecule has 0 aromatic heterocycles. The minimum atomic E-state index is 0.137. The van der Waals surface area contributed by atoms with Crippen molar-refractivity contribution in [3.8, 4) is 16.9 Å². The van der Waals surface area contributed by atoms with E-state index >= 15 is 0 Å². The fourth-order valence-electron chi connectivity index (χ4n) is 3.78. The van der Waals surface area contributed by atoms with Crippen molar-refractivity contribution in [1.29, 1.82) is 0 Å². The van der Waals surface area contributed by atoms with Crippen molar-refractivity contribution in [1.82, 2.24) is 0 Å². The van der Waals surface area contributed by atoms with Gasteiger partial charge in [0.15, 0.2) is 0 Å². The SMILES string of the molecule is CCC1C=C(c2ccc(OC)c(N)c2)C=CN=C1Nc1cccc(-c2cccc(Cl)c2)c1. The molecule has 1 aliphatic rings. The van der Waals surface area contributed by atoms with Crippen LogP contribution in [0.4, 0.5) is 11.4 Å². The van der Waals surface area contributed by atoms with Crippen molar-refractivity contribution < 1.29 is 4.74 Å². The summed E-state index contributed by atoms with van der Waals surface area (Å²) in [6.07, 6.45) is 7.00. The van der Waals surface area contributed by atoms with Crippen LogP contribution in [0, 0.1) is 5.92 Å². The number of nitrogen functional groups attached to an aromatic ring is 1. The lowest BCUT2D eigenvalue weighted by atomic mass is 9.97. The maximum atomic E-state index is 6.17. The molecular formula is C27H26ClN3O. The van der Waals surface area contributed by atoms with E-state index in [4.69, 9.17) is 27.1 Å². The molecule has 1 atom stereocenters. The van der Waals surface area contributed by atoms with Crippen LogP contribution in [0.1, 0.15) is 18.9 Å². The van der Waals surface area contributed by atoms with E-state index in [9.17, 15) is 0 Å². The Morgan fingerprint density at radius 1 is 1.00 bits per heavy atom. The van der Waals surface area contributed by atoms with Crippen LogP contribution in [0.2, 0.25) is 5.02 Å². The first-order chi connectivity index (χ1) is 15.6. The summed E-state index contributed by atoms with van der Waals surface area (Å²) in [5.74, 6) is 1.72. The summed E-state index contributed by atoms with van der Waals surface area (Å²) in [7, 11) is 1.62. The summed E-state index contributed by atoms with van der Waals surface area (Å²) in [6.45, 7) is 2.16. The summed E-state index contributed by atoms with van der Waals surface area (Å²) < 4.78 is 5.28. The van der Waals surface area contributed by atoms with Crippen LogP contribution in [0.5, 0.6) is 5.75 Å². The number of hydrogen-bond donors (Lipinski definition) is 2. The standard InChI is InChI=1S/C27H26ClN3O/c1-3-18-14-22(21-10-11-26(32-2)25(29)17-21)12-13-30-27(18)31-24-9-5-7-20(16-24)19-6-4-8-23(28)15-19/h4-18H,3,29H2,1-2H3,(H,30,31). The fraction of sp³-hybridized carbons (Fsp3) is 0.148. The summed E-state index contributed by atoms with van der Waals surface area (Å²) >= 11 is 6.17. The van der Waals surface area contributed by atoms with Crippen LogP contribution < -0.4 is 15.8 Å². The number of halogens is 1. The van der Waals surface area contributed by atoms with Crippen molar-refractivity contribution in [2.45, 2.75) is 13.3 Å². The number of methoxy groups -OCH3 is 1. The van der Waals surface area contributed by atoms with Gasteiger partial charge in [-0.05, 0) is 71.2 Å². The molecule has 0 radical (unpaired) electrons. The average Bonchev–Trinajstić information content (AvgIpc) is 3.01. The molecule has 0 aliphatic carbocycles. The van der Waals surface area contributed by atoms with Crippen LogP contribution in [0.15, 0.2) is 90.1 Å². The molecule has 3 aromatic carbocycles. The molecule has 1 unspecified atom stereocenters. The Hall–Kier alpha value is -3.50. The number of benzene rings is 3. The van der Waals surface area contributed by atoms with Crippen LogP contribution in [0.25, 0.3) is 16.7 Å². The van der Waals surface area contributed by atoms with Crippen molar-refractivity contribution in [3.63, 3.8) is 0 Å². The first kappa shape index (κ1) is 21.7. The minimum absolute atomic E-state index is 0.137. The van der Waals surface area contributed by atoms with E-state index in [-0.39, 0.29) is 5.92 Å². The molecule has 0 bridgehead atoms. The van der Waals surface area contributed by atoms with Gasteiger partial charge in [-0.3, -0.25) is 0 Å². The number of nitrogens with two attached hydrogens (primary N) is 1. The first-order valence-corrected chi connectivity index (χ1v) is 11.0. The molecule has 0 saturated carbocycles. The third-order valence-corrected chi connectivity index (χ3v) is 5.73. The Morgan fingerprint density at radius 2 is 1.78 bits per heavy atom. The summed E-state index contributed by atoms with van der Waals surface area (Å²) in [6, 6.07) is 22.0. The fourth-order valence-corrected chi connectivity index (χ4v) is 3.97. The molecule has 0 fully saturated rings. The van der Waals surface area contributed by atoms with Crippen molar-refractivity contribution >= 4 is 34.4 Å². The largest absolute Gasteiger partial charge is 0.495 e. The second-order valence-electron chi connectivity index (χ2n) is 7.64. The number of hydrogen-bond acceptors (Lipinski definition) is 4. The highest BCUT2D eigenvalue weighted by molar-refractivity contribution is 6.30. The van der Waals surface area contributed by atoms with Gasteiger partial charge in [0.2, 0.25) is 0 Å². The highest BCUT2D eigenvalue weighted by Gasteiger charge is 2.16. The quantitative estimate of drug-likeness (QED) is 0.415. The van der Waals surface area contributed by atoms with Crippen LogP contribution >= 0.6 is 11.6 Å². The molecule has 3 aromatic rings. The Morgan fingerprint density at radius 3 is 2.50 bits per heavy atom. The lowest BCUT2D eigenvalue weighted by Crippen LogP contribution is -2.21. The predicted molar refractivity (Wildman–Crippen MR) is 136 cm³/mol. The number of amidine groups is 1. The number of rotatable bonds is 5. The molecule has 4 rings (SSSR count). The second kappa shape index (κ2) is 9.75. The van der Waals surface area contributed by atoms with Gasteiger partial charge in [0.25, 0.3) is 0 Å². The molecule has 0 spiro atoms. The van der Waals surface area contributed by atoms with Crippen molar-refractivity contribution in [2.24, 2.45) is 10.9 Å². The second-order valence-corrected chi connectivity index (χ2v) is 8.08. The summed E-state index contributed by atoms with van der Waals surface area (Å²) in [4.78, 5) is 4.72. The minimum Gasteiger partial charge on any atom is -0.495 e. The third-order valence-electron chi connectivity index (χ3n) is 5.50. The smallest absolute Gasteiger partial charge is 0.141 e. The van der Waals surface area contributed by atoms with Gasteiger partial charge in [-0.25, -0.2) is 4.99 Å². The van der Waals surface area contributed by atoms with Gasteiger partial charge in [0, 0.05) is 22.8 Å². The highest BCUT2D eigenvalue weighted by atomic mass is 35.5. The Bertz CT molecular complexity index is 1210. The molecule has 5 heteroatoms.